The fourth-order valence-electron chi connectivity index (χ4n) is 3.64. The minimum absolute atomic E-state index is 0.0336. The van der Waals surface area contributed by atoms with E-state index in [-0.39, 0.29) is 5.82 Å². The van der Waals surface area contributed by atoms with Gasteiger partial charge in [0.15, 0.2) is 0 Å². The quantitative estimate of drug-likeness (QED) is 0.854. The minimum Gasteiger partial charge on any atom is -0.313 e. The van der Waals surface area contributed by atoms with E-state index < -0.39 is 0 Å². The van der Waals surface area contributed by atoms with E-state index in [1.165, 1.54) is 25.7 Å². The van der Waals surface area contributed by atoms with Crippen LogP contribution in [0.4, 0.5) is 4.39 Å². The number of hydrogen-bond donors (Lipinski definition) is 1. The van der Waals surface area contributed by atoms with Crippen LogP contribution in [0.5, 0.6) is 0 Å². The molecule has 0 unspecified atom stereocenters. The fourth-order valence-corrected chi connectivity index (χ4v) is 3.64. The summed E-state index contributed by atoms with van der Waals surface area (Å²) in [5.74, 6) is 0.392. The molecule has 0 amide bonds. The molecule has 2 saturated carbocycles. The summed E-state index contributed by atoms with van der Waals surface area (Å²) in [5.41, 5.74) is 1.43. The first-order valence-corrected chi connectivity index (χ1v) is 7.64. The zero-order chi connectivity index (χ0) is 13.3. The van der Waals surface area contributed by atoms with Crippen LogP contribution in [-0.4, -0.2) is 12.6 Å². The van der Waals surface area contributed by atoms with Gasteiger partial charge in [0, 0.05) is 12.6 Å². The van der Waals surface area contributed by atoms with Crippen LogP contribution in [0, 0.1) is 11.2 Å². The molecule has 2 aliphatic rings. The normalized spacial score (nSPS) is 29.2. The van der Waals surface area contributed by atoms with Crippen LogP contribution in [-0.2, 0) is 0 Å². The van der Waals surface area contributed by atoms with Gasteiger partial charge in [-0.25, -0.2) is 4.39 Å². The van der Waals surface area contributed by atoms with Crippen molar-refractivity contribution in [1.82, 2.24) is 5.32 Å². The second-order valence-electron chi connectivity index (χ2n) is 6.79. The molecule has 1 aromatic rings. The van der Waals surface area contributed by atoms with Crippen molar-refractivity contribution < 1.29 is 4.39 Å². The van der Waals surface area contributed by atoms with Gasteiger partial charge < -0.3 is 5.32 Å². The molecule has 0 spiro atoms. The van der Waals surface area contributed by atoms with Gasteiger partial charge in [0.2, 0.25) is 0 Å². The summed E-state index contributed by atoms with van der Waals surface area (Å²) in [7, 11) is 0. The largest absolute Gasteiger partial charge is 0.313 e. The predicted molar refractivity (Wildman–Crippen MR) is 76.7 cm³/mol. The second kappa shape index (κ2) is 5.24. The standard InChI is InChI=1S/C17H24FN/c1-17(8-4-5-9-17)12-19-14-10-13(11-14)15-6-2-3-7-16(15)18/h2-3,6-7,13-14,19H,4-5,8-12H2,1H3. The molecule has 2 heteroatoms. The molecule has 104 valence electrons. The molecule has 1 aromatic carbocycles. The number of hydrogen-bond acceptors (Lipinski definition) is 1. The van der Waals surface area contributed by atoms with Crippen molar-refractivity contribution >= 4 is 0 Å². The topological polar surface area (TPSA) is 12.0 Å². The first-order valence-electron chi connectivity index (χ1n) is 7.64. The maximum absolute atomic E-state index is 13.7. The Morgan fingerprint density at radius 3 is 2.58 bits per heavy atom. The molecule has 3 rings (SSSR count). The van der Waals surface area contributed by atoms with Gasteiger partial charge in [-0.1, -0.05) is 38.0 Å². The summed E-state index contributed by atoms with van der Waals surface area (Å²) in [4.78, 5) is 0. The van der Waals surface area contributed by atoms with Crippen molar-refractivity contribution in [3.63, 3.8) is 0 Å². The van der Waals surface area contributed by atoms with Crippen molar-refractivity contribution in [3.05, 3.63) is 35.6 Å². The van der Waals surface area contributed by atoms with Gasteiger partial charge in [0.05, 0.1) is 0 Å². The van der Waals surface area contributed by atoms with Gasteiger partial charge in [0.25, 0.3) is 0 Å². The van der Waals surface area contributed by atoms with E-state index in [4.69, 9.17) is 0 Å². The van der Waals surface area contributed by atoms with Gasteiger partial charge in [-0.15, -0.1) is 0 Å². The van der Waals surface area contributed by atoms with Gasteiger partial charge >= 0.3 is 0 Å². The molecule has 1 N–H and O–H groups in total. The van der Waals surface area contributed by atoms with E-state index in [0.717, 1.165) is 24.9 Å². The highest BCUT2D eigenvalue weighted by molar-refractivity contribution is 5.24. The molecule has 2 aliphatic carbocycles. The third kappa shape index (κ3) is 2.84. The van der Waals surface area contributed by atoms with Crippen molar-refractivity contribution in [2.45, 2.75) is 57.4 Å². The third-order valence-electron chi connectivity index (χ3n) is 5.11. The summed E-state index contributed by atoms with van der Waals surface area (Å²) in [6, 6.07) is 7.83. The molecular weight excluding hydrogens is 237 g/mol. The van der Waals surface area contributed by atoms with Gasteiger partial charge in [-0.05, 0) is 48.6 Å². The maximum atomic E-state index is 13.7. The lowest BCUT2D eigenvalue weighted by Gasteiger charge is -2.38. The lowest BCUT2D eigenvalue weighted by atomic mass is 9.75. The van der Waals surface area contributed by atoms with E-state index in [9.17, 15) is 4.39 Å². The van der Waals surface area contributed by atoms with Gasteiger partial charge in [-0.3, -0.25) is 0 Å². The molecule has 19 heavy (non-hydrogen) atoms. The maximum Gasteiger partial charge on any atom is 0.126 e. The van der Waals surface area contributed by atoms with Crippen LogP contribution in [0.15, 0.2) is 24.3 Å². The summed E-state index contributed by atoms with van der Waals surface area (Å²) >= 11 is 0. The molecule has 0 heterocycles. The summed E-state index contributed by atoms with van der Waals surface area (Å²) in [6.07, 6.45) is 7.70. The fraction of sp³-hybridized carbons (Fsp3) is 0.647. The van der Waals surface area contributed by atoms with Crippen LogP contribution in [0.2, 0.25) is 0 Å². The SMILES string of the molecule is CC1(CNC2CC(c3ccccc3F)C2)CCCC1. The smallest absolute Gasteiger partial charge is 0.126 e. The Balaban J connectivity index is 1.47. The third-order valence-corrected chi connectivity index (χ3v) is 5.11. The second-order valence-corrected chi connectivity index (χ2v) is 6.79. The monoisotopic (exact) mass is 261 g/mol. The molecule has 0 bridgehead atoms. The predicted octanol–water partition coefficient (Wildman–Crippen LogP) is 4.24. The minimum atomic E-state index is -0.0336. The van der Waals surface area contributed by atoms with E-state index >= 15 is 0 Å². The molecule has 2 fully saturated rings. The highest BCUT2D eigenvalue weighted by Gasteiger charge is 2.34. The van der Waals surface area contributed by atoms with Crippen LogP contribution in [0.25, 0.3) is 0 Å². The molecule has 0 saturated heterocycles. The molecule has 0 radical (unpaired) electrons. The zero-order valence-corrected chi connectivity index (χ0v) is 11.8. The van der Waals surface area contributed by atoms with Crippen LogP contribution < -0.4 is 5.32 Å². The highest BCUT2D eigenvalue weighted by Crippen LogP contribution is 2.40. The van der Waals surface area contributed by atoms with Gasteiger partial charge in [-0.2, -0.15) is 0 Å². The highest BCUT2D eigenvalue weighted by atomic mass is 19.1. The number of nitrogens with one attached hydrogen (secondary N) is 1. The Bertz CT molecular complexity index is 431. The van der Waals surface area contributed by atoms with E-state index in [0.29, 0.717) is 17.4 Å². The van der Waals surface area contributed by atoms with E-state index in [1.807, 2.05) is 12.1 Å². The van der Waals surface area contributed by atoms with Gasteiger partial charge in [0.1, 0.15) is 5.82 Å². The molecule has 0 aliphatic heterocycles. The molecular formula is C17H24FN. The average Bonchev–Trinajstić information content (AvgIpc) is 2.77. The average molecular weight is 261 g/mol. The molecule has 1 nitrogen and oxygen atoms in total. The Morgan fingerprint density at radius 1 is 1.21 bits per heavy atom. The van der Waals surface area contributed by atoms with Crippen molar-refractivity contribution in [1.29, 1.82) is 0 Å². The van der Waals surface area contributed by atoms with Crippen LogP contribution >= 0.6 is 0 Å². The first kappa shape index (κ1) is 13.1. The Kier molecular flexibility index (Phi) is 3.62. The summed E-state index contributed by atoms with van der Waals surface area (Å²) in [5, 5.41) is 3.70. The first-order chi connectivity index (χ1) is 9.16. The Labute approximate surface area is 115 Å². The van der Waals surface area contributed by atoms with E-state index in [2.05, 4.69) is 12.2 Å². The van der Waals surface area contributed by atoms with E-state index in [1.54, 1.807) is 12.1 Å². The van der Waals surface area contributed by atoms with Crippen LogP contribution in [0.1, 0.15) is 56.9 Å². The number of rotatable bonds is 4. The van der Waals surface area contributed by atoms with Crippen molar-refractivity contribution in [3.8, 4) is 0 Å². The zero-order valence-electron chi connectivity index (χ0n) is 11.8. The summed E-state index contributed by atoms with van der Waals surface area (Å²) in [6.45, 7) is 3.54. The molecule has 0 aromatic heterocycles. The van der Waals surface area contributed by atoms with Crippen molar-refractivity contribution in [2.24, 2.45) is 5.41 Å². The summed E-state index contributed by atoms with van der Waals surface area (Å²) < 4.78 is 13.7. The lowest BCUT2D eigenvalue weighted by Crippen LogP contribution is -2.44. The number of halogens is 1. The van der Waals surface area contributed by atoms with Crippen molar-refractivity contribution in [2.75, 3.05) is 6.54 Å². The lowest BCUT2D eigenvalue weighted by molar-refractivity contribution is 0.232. The van der Waals surface area contributed by atoms with Crippen LogP contribution in [0.3, 0.4) is 0 Å². The number of benzene rings is 1. The Morgan fingerprint density at radius 2 is 1.89 bits per heavy atom. The molecule has 0 atom stereocenters. The Hall–Kier alpha value is -0.890.